The van der Waals surface area contributed by atoms with Crippen molar-refractivity contribution in [2.75, 3.05) is 22.5 Å². The first-order valence-electron chi connectivity index (χ1n) is 9.04. The van der Waals surface area contributed by atoms with Crippen LogP contribution in [0.1, 0.15) is 24.2 Å². The summed E-state index contributed by atoms with van der Waals surface area (Å²) in [4.78, 5) is 30.2. The molecule has 1 saturated heterocycles. The molecule has 2 aromatic heterocycles. The third-order valence-corrected chi connectivity index (χ3v) is 5.46. The zero-order valence-corrected chi connectivity index (χ0v) is 16.5. The minimum absolute atomic E-state index is 0.135. The molecule has 1 aliphatic heterocycles. The molecule has 1 aromatic carbocycles. The lowest BCUT2D eigenvalue weighted by Crippen LogP contribution is -2.23. The Morgan fingerprint density at radius 1 is 1.21 bits per heavy atom. The zero-order valence-electron chi connectivity index (χ0n) is 15.7. The summed E-state index contributed by atoms with van der Waals surface area (Å²) in [6.45, 7) is 4.62. The van der Waals surface area contributed by atoms with Gasteiger partial charge in [-0.15, -0.1) is 10.2 Å². The van der Waals surface area contributed by atoms with E-state index >= 15 is 0 Å². The van der Waals surface area contributed by atoms with Gasteiger partial charge in [0.15, 0.2) is 5.16 Å². The average Bonchev–Trinajstić information content (AvgIpc) is 3.27. The molecule has 0 atom stereocenters. The summed E-state index contributed by atoms with van der Waals surface area (Å²) in [6, 6.07) is 9.29. The number of aryl methyl sites for hydroxylation is 2. The van der Waals surface area contributed by atoms with E-state index in [0.29, 0.717) is 23.0 Å². The Kier molecular flexibility index (Phi) is 4.99. The number of rotatable bonds is 5. The first-order chi connectivity index (χ1) is 13.5. The number of fused-ring (bicyclic) bond motifs is 1. The minimum atomic E-state index is -0.135. The Labute approximate surface area is 166 Å². The molecular formula is C19H20N6O2S. The maximum Gasteiger partial charge on any atom is 0.256 e. The number of benzene rings is 1. The van der Waals surface area contributed by atoms with Crippen LogP contribution < -0.4 is 10.2 Å². The van der Waals surface area contributed by atoms with Crippen molar-refractivity contribution < 1.29 is 9.59 Å². The van der Waals surface area contributed by atoms with Gasteiger partial charge in [0, 0.05) is 35.7 Å². The third kappa shape index (κ3) is 3.70. The Morgan fingerprint density at radius 2 is 2.00 bits per heavy atom. The molecule has 1 N–H and O–H groups in total. The van der Waals surface area contributed by atoms with Gasteiger partial charge in [-0.25, -0.2) is 4.98 Å². The lowest BCUT2D eigenvalue weighted by molar-refractivity contribution is -0.117. The summed E-state index contributed by atoms with van der Waals surface area (Å²) in [5.41, 5.74) is 3.41. The lowest BCUT2D eigenvalue weighted by Gasteiger charge is -2.16. The van der Waals surface area contributed by atoms with Crippen molar-refractivity contribution in [3.05, 3.63) is 41.7 Å². The Balaban J connectivity index is 1.38. The standard InChI is InChI=1S/C19H20N6O2S/c1-12-10-13(2)25-18(20-12)22-23-19(25)28-11-16(26)21-14-5-7-15(8-6-14)24-9-3-4-17(24)27/h5-8,10H,3-4,9,11H2,1-2H3,(H,21,26). The van der Waals surface area contributed by atoms with Crippen molar-refractivity contribution in [3.63, 3.8) is 0 Å². The quantitative estimate of drug-likeness (QED) is 0.667. The van der Waals surface area contributed by atoms with Crippen molar-refractivity contribution in [1.29, 1.82) is 0 Å². The maximum absolute atomic E-state index is 12.3. The van der Waals surface area contributed by atoms with E-state index in [-0.39, 0.29) is 17.6 Å². The summed E-state index contributed by atoms with van der Waals surface area (Å²) in [5, 5.41) is 11.7. The smallest absolute Gasteiger partial charge is 0.256 e. The molecular weight excluding hydrogens is 376 g/mol. The van der Waals surface area contributed by atoms with E-state index in [4.69, 9.17) is 0 Å². The molecule has 144 valence electrons. The molecule has 8 nitrogen and oxygen atoms in total. The first kappa shape index (κ1) is 18.4. The molecule has 2 amide bonds. The van der Waals surface area contributed by atoms with Gasteiger partial charge in [-0.2, -0.15) is 0 Å². The number of carbonyl (C=O) groups excluding carboxylic acids is 2. The minimum Gasteiger partial charge on any atom is -0.325 e. The first-order valence-corrected chi connectivity index (χ1v) is 10.0. The van der Waals surface area contributed by atoms with Gasteiger partial charge >= 0.3 is 0 Å². The highest BCUT2D eigenvalue weighted by Gasteiger charge is 2.21. The predicted octanol–water partition coefficient (Wildman–Crippen LogP) is 2.60. The predicted molar refractivity (Wildman–Crippen MR) is 108 cm³/mol. The fourth-order valence-electron chi connectivity index (χ4n) is 3.27. The van der Waals surface area contributed by atoms with Crippen molar-refractivity contribution in [3.8, 4) is 0 Å². The summed E-state index contributed by atoms with van der Waals surface area (Å²) < 4.78 is 1.84. The van der Waals surface area contributed by atoms with E-state index in [1.165, 1.54) is 11.8 Å². The van der Waals surface area contributed by atoms with E-state index in [9.17, 15) is 9.59 Å². The molecule has 0 aliphatic carbocycles. The molecule has 3 heterocycles. The molecule has 3 aromatic rings. The molecule has 0 spiro atoms. The fourth-order valence-corrected chi connectivity index (χ4v) is 4.05. The second kappa shape index (κ2) is 7.59. The number of amides is 2. The SMILES string of the molecule is Cc1cc(C)n2c(SCC(=O)Nc3ccc(N4CCCC4=O)cc3)nnc2n1. The highest BCUT2D eigenvalue weighted by molar-refractivity contribution is 7.99. The largest absolute Gasteiger partial charge is 0.325 e. The molecule has 0 unspecified atom stereocenters. The van der Waals surface area contributed by atoms with Crippen LogP contribution in [-0.4, -0.2) is 43.7 Å². The van der Waals surface area contributed by atoms with Crippen molar-refractivity contribution in [2.24, 2.45) is 0 Å². The number of nitrogens with one attached hydrogen (secondary N) is 1. The van der Waals surface area contributed by atoms with Crippen LogP contribution in [0.2, 0.25) is 0 Å². The zero-order chi connectivity index (χ0) is 19.7. The van der Waals surface area contributed by atoms with Crippen LogP contribution >= 0.6 is 11.8 Å². The third-order valence-electron chi connectivity index (χ3n) is 4.53. The van der Waals surface area contributed by atoms with Crippen LogP contribution in [0, 0.1) is 13.8 Å². The highest BCUT2D eigenvalue weighted by atomic mass is 32.2. The van der Waals surface area contributed by atoms with Crippen LogP contribution in [0.3, 0.4) is 0 Å². The van der Waals surface area contributed by atoms with Crippen LogP contribution in [-0.2, 0) is 9.59 Å². The van der Waals surface area contributed by atoms with Crippen molar-refractivity contribution in [2.45, 2.75) is 31.8 Å². The van der Waals surface area contributed by atoms with Crippen molar-refractivity contribution >= 4 is 40.7 Å². The number of hydrogen-bond acceptors (Lipinski definition) is 6. The van der Waals surface area contributed by atoms with Gasteiger partial charge in [-0.1, -0.05) is 11.8 Å². The van der Waals surface area contributed by atoms with Gasteiger partial charge in [0.05, 0.1) is 5.75 Å². The molecule has 4 rings (SSSR count). The molecule has 0 saturated carbocycles. The number of thioether (sulfide) groups is 1. The maximum atomic E-state index is 12.3. The molecule has 0 bridgehead atoms. The second-order valence-corrected chi connectivity index (χ2v) is 7.63. The molecule has 9 heteroatoms. The lowest BCUT2D eigenvalue weighted by atomic mass is 10.2. The fraction of sp³-hybridized carbons (Fsp3) is 0.316. The van der Waals surface area contributed by atoms with Gasteiger partial charge in [0.1, 0.15) is 0 Å². The second-order valence-electron chi connectivity index (χ2n) is 6.69. The van der Waals surface area contributed by atoms with E-state index in [1.54, 1.807) is 4.90 Å². The van der Waals surface area contributed by atoms with Crippen LogP contribution in [0.5, 0.6) is 0 Å². The summed E-state index contributed by atoms with van der Waals surface area (Å²) in [6.07, 6.45) is 1.49. The number of carbonyl (C=O) groups is 2. The van der Waals surface area contributed by atoms with Gasteiger partial charge in [0.25, 0.3) is 5.78 Å². The van der Waals surface area contributed by atoms with E-state index in [2.05, 4.69) is 20.5 Å². The molecule has 0 radical (unpaired) electrons. The van der Waals surface area contributed by atoms with Crippen LogP contribution in [0.4, 0.5) is 11.4 Å². The van der Waals surface area contributed by atoms with E-state index in [0.717, 1.165) is 30.0 Å². The number of anilines is 2. The van der Waals surface area contributed by atoms with Crippen LogP contribution in [0.15, 0.2) is 35.5 Å². The average molecular weight is 396 g/mol. The number of nitrogens with zero attached hydrogens (tertiary/aromatic N) is 5. The van der Waals surface area contributed by atoms with Gasteiger partial charge in [-0.3, -0.25) is 14.0 Å². The Hall–Kier alpha value is -2.94. The Bertz CT molecular complexity index is 1050. The monoisotopic (exact) mass is 396 g/mol. The highest BCUT2D eigenvalue weighted by Crippen LogP contribution is 2.23. The summed E-state index contributed by atoms with van der Waals surface area (Å²) >= 11 is 1.31. The van der Waals surface area contributed by atoms with E-state index in [1.807, 2.05) is 48.6 Å². The topological polar surface area (TPSA) is 92.5 Å². The molecule has 1 aliphatic rings. The van der Waals surface area contributed by atoms with Gasteiger partial charge in [0.2, 0.25) is 11.8 Å². The van der Waals surface area contributed by atoms with Crippen LogP contribution in [0.25, 0.3) is 5.78 Å². The van der Waals surface area contributed by atoms with Gasteiger partial charge < -0.3 is 10.2 Å². The normalized spacial score (nSPS) is 14.1. The molecule has 1 fully saturated rings. The Morgan fingerprint density at radius 3 is 2.71 bits per heavy atom. The molecule has 28 heavy (non-hydrogen) atoms. The summed E-state index contributed by atoms with van der Waals surface area (Å²) in [7, 11) is 0. The van der Waals surface area contributed by atoms with Crippen molar-refractivity contribution in [1.82, 2.24) is 19.6 Å². The van der Waals surface area contributed by atoms with E-state index < -0.39 is 0 Å². The summed E-state index contributed by atoms with van der Waals surface area (Å²) in [5.74, 6) is 0.756. The number of hydrogen-bond donors (Lipinski definition) is 1. The number of aromatic nitrogens is 4. The van der Waals surface area contributed by atoms with Gasteiger partial charge in [-0.05, 0) is 50.6 Å².